The number of methoxy groups -OCH3 is 2. The number of nitriles is 1. The molecule has 0 radical (unpaired) electrons. The van der Waals surface area contributed by atoms with E-state index in [-0.39, 0.29) is 17.2 Å². The molecule has 2 aromatic carbocycles. The number of hydrogen-bond acceptors (Lipinski definition) is 6. The van der Waals surface area contributed by atoms with Crippen LogP contribution in [0.15, 0.2) is 30.3 Å². The number of fused-ring (bicyclic) bond motifs is 3. The summed E-state index contributed by atoms with van der Waals surface area (Å²) in [5, 5.41) is 11.7. The second-order valence-corrected chi connectivity index (χ2v) is 7.60. The minimum absolute atomic E-state index is 0. The number of anilines is 1. The van der Waals surface area contributed by atoms with Gasteiger partial charge in [0.2, 0.25) is 5.71 Å². The fourth-order valence-electron chi connectivity index (χ4n) is 4.09. The van der Waals surface area contributed by atoms with E-state index >= 15 is 4.39 Å². The van der Waals surface area contributed by atoms with Gasteiger partial charge in [0.1, 0.15) is 28.6 Å². The van der Waals surface area contributed by atoms with Crippen molar-refractivity contribution in [2.45, 2.75) is 19.5 Å². The van der Waals surface area contributed by atoms with Crippen molar-refractivity contribution in [3.8, 4) is 17.6 Å². The molecule has 32 heavy (non-hydrogen) atoms. The minimum atomic E-state index is -0.495. The van der Waals surface area contributed by atoms with Crippen LogP contribution in [0.4, 0.5) is 10.1 Å². The first-order chi connectivity index (χ1) is 15.0. The van der Waals surface area contributed by atoms with Crippen LogP contribution in [0.2, 0.25) is 0 Å². The van der Waals surface area contributed by atoms with Crippen molar-refractivity contribution in [3.05, 3.63) is 52.8 Å². The molecule has 0 aliphatic carbocycles. The van der Waals surface area contributed by atoms with Crippen LogP contribution in [0.25, 0.3) is 0 Å². The van der Waals surface area contributed by atoms with Crippen LogP contribution in [0, 0.1) is 17.1 Å². The summed E-state index contributed by atoms with van der Waals surface area (Å²) in [5.74, 6) is 0.656. The monoisotopic (exact) mass is 457 g/mol. The largest absolute Gasteiger partial charge is 0.870 e. The number of ether oxygens (including phenoxy) is 2. The molecule has 0 saturated carbocycles. The summed E-state index contributed by atoms with van der Waals surface area (Å²) in [6.07, 6.45) is 0.786. The number of hydrazine groups is 1. The summed E-state index contributed by atoms with van der Waals surface area (Å²) >= 11 is 5.68. The summed E-state index contributed by atoms with van der Waals surface area (Å²) in [6, 6.07) is 10.0. The van der Waals surface area contributed by atoms with E-state index in [2.05, 4.69) is 22.4 Å². The van der Waals surface area contributed by atoms with E-state index in [1.165, 1.54) is 6.07 Å². The average molecular weight is 458 g/mol. The molecule has 1 fully saturated rings. The molecule has 1 unspecified atom stereocenters. The van der Waals surface area contributed by atoms with E-state index in [0.717, 1.165) is 13.0 Å². The third-order valence-corrected chi connectivity index (χ3v) is 5.73. The van der Waals surface area contributed by atoms with Gasteiger partial charge in [-0.15, -0.1) is 0 Å². The average Bonchev–Trinajstić information content (AvgIpc) is 2.97. The molecule has 4 rings (SSSR count). The van der Waals surface area contributed by atoms with E-state index in [0.29, 0.717) is 45.7 Å². The lowest BCUT2D eigenvalue weighted by molar-refractivity contribution is -0.462. The van der Waals surface area contributed by atoms with Crippen molar-refractivity contribution in [1.82, 2.24) is 10.4 Å². The van der Waals surface area contributed by atoms with Crippen molar-refractivity contribution in [3.63, 3.8) is 0 Å². The van der Waals surface area contributed by atoms with E-state index in [9.17, 15) is 0 Å². The fourth-order valence-corrected chi connectivity index (χ4v) is 4.42. The Morgan fingerprint density at radius 3 is 2.59 bits per heavy atom. The van der Waals surface area contributed by atoms with Crippen LogP contribution in [0.3, 0.4) is 0 Å². The molecule has 168 valence electrons. The first kappa shape index (κ1) is 23.4. The van der Waals surface area contributed by atoms with Gasteiger partial charge in [-0.1, -0.05) is 6.92 Å². The highest BCUT2D eigenvalue weighted by molar-refractivity contribution is 7.80. The summed E-state index contributed by atoms with van der Waals surface area (Å²) in [4.78, 5) is 5.40. The number of benzene rings is 2. The second-order valence-electron chi connectivity index (χ2n) is 7.22. The Balaban J connectivity index is 0.00000289. The SMILES string of the molecule is CCCN1NC(=S)N2c3c(OC)ccc(OC)c3C(c3ccc(C#N)cc3F)=[NH+]CC12.[OH-]. The van der Waals surface area contributed by atoms with Crippen LogP contribution < -0.4 is 24.8 Å². The Labute approximate surface area is 191 Å². The van der Waals surface area contributed by atoms with Crippen LogP contribution in [0.5, 0.6) is 11.5 Å². The van der Waals surface area contributed by atoms with Gasteiger partial charge < -0.3 is 14.9 Å². The Kier molecular flexibility index (Phi) is 6.93. The van der Waals surface area contributed by atoms with E-state index in [1.54, 1.807) is 32.4 Å². The van der Waals surface area contributed by atoms with E-state index in [1.807, 2.05) is 17.0 Å². The second kappa shape index (κ2) is 9.48. The third-order valence-electron chi connectivity index (χ3n) is 5.44. The molecule has 1 saturated heterocycles. The molecule has 10 heteroatoms. The predicted octanol–water partition coefficient (Wildman–Crippen LogP) is 1.12. The van der Waals surface area contributed by atoms with Crippen molar-refractivity contribution in [2.24, 2.45) is 0 Å². The highest BCUT2D eigenvalue weighted by Crippen LogP contribution is 2.42. The lowest BCUT2D eigenvalue weighted by atomic mass is 9.97. The summed E-state index contributed by atoms with van der Waals surface area (Å²) in [5.41, 5.74) is 5.78. The molecule has 8 nitrogen and oxygen atoms in total. The van der Waals surface area contributed by atoms with Crippen LogP contribution in [-0.4, -0.2) is 54.8 Å². The van der Waals surface area contributed by atoms with Gasteiger partial charge in [0.15, 0.2) is 17.8 Å². The highest BCUT2D eigenvalue weighted by Gasteiger charge is 2.44. The zero-order valence-electron chi connectivity index (χ0n) is 18.0. The summed E-state index contributed by atoms with van der Waals surface area (Å²) in [6.45, 7) is 3.35. The molecule has 1 atom stereocenters. The smallest absolute Gasteiger partial charge is 0.222 e. The summed E-state index contributed by atoms with van der Waals surface area (Å²) < 4.78 is 26.4. The number of halogens is 1. The van der Waals surface area contributed by atoms with E-state index < -0.39 is 5.82 Å². The van der Waals surface area contributed by atoms with Crippen LogP contribution in [0.1, 0.15) is 30.0 Å². The Bertz CT molecular complexity index is 1120. The maximum absolute atomic E-state index is 15.1. The molecular weight excluding hydrogens is 433 g/mol. The number of hydrogen-bond donors (Lipinski definition) is 2. The molecule has 0 bridgehead atoms. The highest BCUT2D eigenvalue weighted by atomic mass is 32.1. The number of thiocarbonyl (C=S) groups is 1. The minimum Gasteiger partial charge on any atom is -0.870 e. The lowest BCUT2D eigenvalue weighted by Crippen LogP contribution is -2.77. The molecule has 2 aliphatic rings. The predicted molar refractivity (Wildman–Crippen MR) is 121 cm³/mol. The molecule has 0 aromatic heterocycles. The molecule has 0 amide bonds. The van der Waals surface area contributed by atoms with Gasteiger partial charge in [0.05, 0.1) is 31.4 Å². The molecule has 2 aliphatic heterocycles. The van der Waals surface area contributed by atoms with Crippen LogP contribution in [-0.2, 0) is 0 Å². The first-order valence-corrected chi connectivity index (χ1v) is 10.4. The van der Waals surface area contributed by atoms with Gasteiger partial charge in [-0.25, -0.2) is 9.38 Å². The van der Waals surface area contributed by atoms with E-state index in [4.69, 9.17) is 27.0 Å². The van der Waals surface area contributed by atoms with Crippen molar-refractivity contribution < 1.29 is 24.3 Å². The normalized spacial score (nSPS) is 17.2. The zero-order valence-corrected chi connectivity index (χ0v) is 18.8. The molecule has 3 N–H and O–H groups in total. The first-order valence-electron chi connectivity index (χ1n) is 9.96. The maximum Gasteiger partial charge on any atom is 0.222 e. The Hall–Kier alpha value is -3.26. The lowest BCUT2D eigenvalue weighted by Gasteiger charge is -2.27. The maximum atomic E-state index is 15.1. The van der Waals surface area contributed by atoms with Crippen LogP contribution >= 0.6 is 12.2 Å². The number of rotatable bonds is 5. The third kappa shape index (κ3) is 3.75. The van der Waals surface area contributed by atoms with Gasteiger partial charge in [-0.2, -0.15) is 10.3 Å². The van der Waals surface area contributed by atoms with Gasteiger partial charge in [0, 0.05) is 6.54 Å². The van der Waals surface area contributed by atoms with Crippen molar-refractivity contribution in [1.29, 1.82) is 5.26 Å². The van der Waals surface area contributed by atoms with Gasteiger partial charge >= 0.3 is 0 Å². The number of nitrogens with zero attached hydrogens (tertiary/aromatic N) is 3. The van der Waals surface area contributed by atoms with Gasteiger partial charge in [0.25, 0.3) is 0 Å². The van der Waals surface area contributed by atoms with Gasteiger partial charge in [-0.3, -0.25) is 10.3 Å². The number of nitrogens with one attached hydrogen (secondary N) is 2. The fraction of sp³-hybridized carbons (Fsp3) is 0.318. The molecule has 0 spiro atoms. The Morgan fingerprint density at radius 1 is 1.25 bits per heavy atom. The molecule has 2 heterocycles. The molecular formula is C22H24FN5O3S. The molecule has 2 aromatic rings. The van der Waals surface area contributed by atoms with Crippen molar-refractivity contribution >= 4 is 28.7 Å². The standard InChI is InChI=1S/C22H22FN5O2S.H2O/c1-4-9-27-18-12-25-20(14-6-5-13(11-24)10-15(14)23)19-16(29-2)7-8-17(30-3)21(19)28(18)22(31)26-27;/h5-8,10,18H,4,9,12H2,1-3H3,(H,26,31);1H2. The summed E-state index contributed by atoms with van der Waals surface area (Å²) in [7, 11) is 3.16. The zero-order chi connectivity index (χ0) is 22.1. The van der Waals surface area contributed by atoms with Gasteiger partial charge in [-0.05, 0) is 49.0 Å². The topological polar surface area (TPSA) is 105 Å². The van der Waals surface area contributed by atoms with Crippen molar-refractivity contribution in [2.75, 3.05) is 32.2 Å². The Morgan fingerprint density at radius 2 is 1.97 bits per heavy atom. The quantitative estimate of drug-likeness (QED) is 0.644.